The Kier molecular flexibility index (Phi) is 5.99. The van der Waals surface area contributed by atoms with E-state index in [1.807, 2.05) is 19.1 Å². The van der Waals surface area contributed by atoms with Gasteiger partial charge in [0.05, 0.1) is 19.2 Å². The minimum atomic E-state index is -0.497. The summed E-state index contributed by atoms with van der Waals surface area (Å²) in [5.41, 5.74) is 2.31. The smallest absolute Gasteiger partial charge is 0.341 e. The summed E-state index contributed by atoms with van der Waals surface area (Å²) < 4.78 is 10.4. The lowest BCUT2D eigenvalue weighted by molar-refractivity contribution is -0.129. The van der Waals surface area contributed by atoms with Gasteiger partial charge in [0, 0.05) is 18.3 Å². The lowest BCUT2D eigenvalue weighted by Crippen LogP contribution is -2.33. The van der Waals surface area contributed by atoms with Gasteiger partial charge in [-0.1, -0.05) is 17.7 Å². The fourth-order valence-electron chi connectivity index (χ4n) is 3.02. The van der Waals surface area contributed by atoms with Gasteiger partial charge < -0.3 is 19.7 Å². The Labute approximate surface area is 167 Å². The summed E-state index contributed by atoms with van der Waals surface area (Å²) in [4.78, 5) is 38.9. The number of ether oxygens (including phenoxy) is 2. The van der Waals surface area contributed by atoms with E-state index in [0.29, 0.717) is 35.8 Å². The van der Waals surface area contributed by atoms with Crippen molar-refractivity contribution in [2.45, 2.75) is 26.8 Å². The maximum Gasteiger partial charge on any atom is 0.341 e. The van der Waals surface area contributed by atoms with Crippen molar-refractivity contribution in [3.8, 4) is 5.75 Å². The molecule has 0 radical (unpaired) electrons. The minimum Gasteiger partial charge on any atom is -0.484 e. The second kappa shape index (κ2) is 8.43. The van der Waals surface area contributed by atoms with Crippen LogP contribution in [0, 0.1) is 6.92 Å². The number of aryl methyl sites for hydroxylation is 1. The Morgan fingerprint density at radius 1 is 1.21 bits per heavy atom. The number of fused-ring (bicyclic) bond motifs is 1. The lowest BCUT2D eigenvalue weighted by atomic mass is 10.0. The highest BCUT2D eigenvalue weighted by atomic mass is 32.1. The number of amides is 2. The summed E-state index contributed by atoms with van der Waals surface area (Å²) in [5, 5.41) is 3.19. The number of nitrogens with one attached hydrogen (secondary N) is 1. The fraction of sp³-hybridized carbons (Fsp3) is 0.350. The molecule has 1 aliphatic heterocycles. The van der Waals surface area contributed by atoms with E-state index in [1.54, 1.807) is 17.0 Å². The standard InChI is InChI=1S/C20H22N2O5S/c1-12-4-6-14(7-5-12)27-11-17(24)21-19-18(20(25)26-3)15-8-9-22(13(2)23)10-16(15)28-19/h4-7H,8-11H2,1-3H3,(H,21,24). The van der Waals surface area contributed by atoms with Crippen LogP contribution in [0.25, 0.3) is 0 Å². The molecule has 28 heavy (non-hydrogen) atoms. The summed E-state index contributed by atoms with van der Waals surface area (Å²) in [6.45, 7) is 4.27. The predicted octanol–water partition coefficient (Wildman–Crippen LogP) is 2.77. The number of benzene rings is 1. The topological polar surface area (TPSA) is 84.9 Å². The highest BCUT2D eigenvalue weighted by Crippen LogP contribution is 2.37. The van der Waals surface area contributed by atoms with E-state index in [4.69, 9.17) is 9.47 Å². The van der Waals surface area contributed by atoms with Crippen LogP contribution in [0.5, 0.6) is 5.75 Å². The molecule has 0 aliphatic carbocycles. The third-order valence-electron chi connectivity index (χ3n) is 4.54. The number of hydrogen-bond acceptors (Lipinski definition) is 6. The lowest BCUT2D eigenvalue weighted by Gasteiger charge is -2.25. The van der Waals surface area contributed by atoms with Crippen molar-refractivity contribution in [2.24, 2.45) is 0 Å². The Morgan fingerprint density at radius 3 is 2.57 bits per heavy atom. The molecular weight excluding hydrogens is 380 g/mol. The summed E-state index contributed by atoms with van der Waals surface area (Å²) >= 11 is 1.30. The summed E-state index contributed by atoms with van der Waals surface area (Å²) in [6.07, 6.45) is 0.547. The highest BCUT2D eigenvalue weighted by Gasteiger charge is 2.30. The second-order valence-electron chi connectivity index (χ2n) is 6.54. The summed E-state index contributed by atoms with van der Waals surface area (Å²) in [5.74, 6) is -0.288. The van der Waals surface area contributed by atoms with Crippen LogP contribution in [0.2, 0.25) is 0 Å². The zero-order valence-electron chi connectivity index (χ0n) is 16.0. The highest BCUT2D eigenvalue weighted by molar-refractivity contribution is 7.17. The van der Waals surface area contributed by atoms with E-state index in [9.17, 15) is 14.4 Å². The number of rotatable bonds is 5. The van der Waals surface area contributed by atoms with Gasteiger partial charge in [-0.05, 0) is 31.0 Å². The zero-order chi connectivity index (χ0) is 20.3. The number of carbonyl (C=O) groups excluding carboxylic acids is 3. The SMILES string of the molecule is COC(=O)c1c(NC(=O)COc2ccc(C)cc2)sc2c1CCN(C(C)=O)C2. The average Bonchev–Trinajstić information content (AvgIpc) is 3.03. The molecule has 0 fully saturated rings. The van der Waals surface area contributed by atoms with Crippen LogP contribution >= 0.6 is 11.3 Å². The third-order valence-corrected chi connectivity index (χ3v) is 5.67. The Morgan fingerprint density at radius 2 is 1.93 bits per heavy atom. The van der Waals surface area contributed by atoms with Gasteiger partial charge in [-0.25, -0.2) is 4.79 Å². The van der Waals surface area contributed by atoms with Crippen LogP contribution < -0.4 is 10.1 Å². The Hall–Kier alpha value is -2.87. The molecule has 8 heteroatoms. The van der Waals surface area contributed by atoms with Gasteiger partial charge in [0.25, 0.3) is 5.91 Å². The van der Waals surface area contributed by atoms with Crippen LogP contribution in [0.4, 0.5) is 5.00 Å². The molecule has 1 N–H and O–H groups in total. The minimum absolute atomic E-state index is 0.0178. The first-order valence-electron chi connectivity index (χ1n) is 8.86. The molecule has 1 aromatic heterocycles. The first-order valence-corrected chi connectivity index (χ1v) is 9.68. The molecule has 2 heterocycles. The Bertz CT molecular complexity index is 904. The predicted molar refractivity (Wildman–Crippen MR) is 106 cm³/mol. The van der Waals surface area contributed by atoms with Gasteiger partial charge in [-0.3, -0.25) is 9.59 Å². The van der Waals surface area contributed by atoms with Crippen LogP contribution in [-0.4, -0.2) is 42.9 Å². The van der Waals surface area contributed by atoms with E-state index in [0.717, 1.165) is 16.0 Å². The maximum atomic E-state index is 12.4. The van der Waals surface area contributed by atoms with Crippen molar-refractivity contribution in [3.05, 3.63) is 45.8 Å². The summed E-state index contributed by atoms with van der Waals surface area (Å²) in [6, 6.07) is 7.39. The largest absolute Gasteiger partial charge is 0.484 e. The van der Waals surface area contributed by atoms with Gasteiger partial charge in [-0.15, -0.1) is 11.3 Å². The fourth-order valence-corrected chi connectivity index (χ4v) is 4.29. The molecule has 3 rings (SSSR count). The number of esters is 1. The monoisotopic (exact) mass is 402 g/mol. The first-order chi connectivity index (χ1) is 13.4. The van der Waals surface area contributed by atoms with E-state index >= 15 is 0 Å². The van der Waals surface area contributed by atoms with Gasteiger partial charge in [0.1, 0.15) is 10.8 Å². The van der Waals surface area contributed by atoms with Crippen LogP contribution in [0.3, 0.4) is 0 Å². The van der Waals surface area contributed by atoms with E-state index in [1.165, 1.54) is 25.4 Å². The molecule has 0 bridgehead atoms. The van der Waals surface area contributed by atoms with E-state index in [2.05, 4.69) is 5.32 Å². The molecule has 1 aromatic carbocycles. The number of anilines is 1. The quantitative estimate of drug-likeness (QED) is 0.778. The number of methoxy groups -OCH3 is 1. The van der Waals surface area contributed by atoms with Gasteiger partial charge in [0.2, 0.25) is 5.91 Å². The molecule has 2 amide bonds. The molecule has 7 nitrogen and oxygen atoms in total. The number of carbonyl (C=O) groups is 3. The third kappa shape index (κ3) is 4.33. The second-order valence-corrected chi connectivity index (χ2v) is 7.65. The molecule has 1 aliphatic rings. The van der Waals surface area contributed by atoms with Gasteiger partial charge in [0.15, 0.2) is 6.61 Å². The van der Waals surface area contributed by atoms with Gasteiger partial charge >= 0.3 is 5.97 Å². The molecule has 148 valence electrons. The molecular formula is C20H22N2O5S. The number of hydrogen-bond donors (Lipinski definition) is 1. The maximum absolute atomic E-state index is 12.4. The van der Waals surface area contributed by atoms with Crippen molar-refractivity contribution < 1.29 is 23.9 Å². The van der Waals surface area contributed by atoms with E-state index < -0.39 is 5.97 Å². The van der Waals surface area contributed by atoms with E-state index in [-0.39, 0.29) is 18.4 Å². The van der Waals surface area contributed by atoms with Crippen molar-refractivity contribution >= 4 is 34.1 Å². The molecule has 0 unspecified atom stereocenters. The van der Waals surface area contributed by atoms with Crippen molar-refractivity contribution in [1.29, 1.82) is 0 Å². The normalized spacial score (nSPS) is 12.9. The average molecular weight is 402 g/mol. The van der Waals surface area contributed by atoms with Crippen molar-refractivity contribution in [3.63, 3.8) is 0 Å². The number of thiophene rings is 1. The summed E-state index contributed by atoms with van der Waals surface area (Å²) in [7, 11) is 1.31. The molecule has 0 saturated heterocycles. The van der Waals surface area contributed by atoms with Crippen LogP contribution in [0.1, 0.15) is 33.3 Å². The molecule has 0 saturated carbocycles. The molecule has 0 atom stereocenters. The van der Waals surface area contributed by atoms with Gasteiger partial charge in [-0.2, -0.15) is 0 Å². The zero-order valence-corrected chi connectivity index (χ0v) is 16.9. The Balaban J connectivity index is 1.75. The number of nitrogens with zero attached hydrogens (tertiary/aromatic N) is 1. The first kappa shape index (κ1) is 19.9. The van der Waals surface area contributed by atoms with Crippen LogP contribution in [-0.2, 0) is 27.3 Å². The van der Waals surface area contributed by atoms with Crippen LogP contribution in [0.15, 0.2) is 24.3 Å². The van der Waals surface area contributed by atoms with Crippen molar-refractivity contribution in [1.82, 2.24) is 4.90 Å². The molecule has 0 spiro atoms. The van der Waals surface area contributed by atoms with Crippen molar-refractivity contribution in [2.75, 3.05) is 25.6 Å². The molecule has 2 aromatic rings.